The van der Waals surface area contributed by atoms with Gasteiger partial charge in [0.2, 0.25) is 0 Å². The van der Waals surface area contributed by atoms with E-state index in [1.807, 2.05) is 19.1 Å². The summed E-state index contributed by atoms with van der Waals surface area (Å²) < 4.78 is 13.9. The number of halogens is 1. The molecule has 0 aliphatic heterocycles. The van der Waals surface area contributed by atoms with E-state index in [9.17, 15) is 4.39 Å². The van der Waals surface area contributed by atoms with Crippen LogP contribution in [-0.2, 0) is 5.75 Å². The van der Waals surface area contributed by atoms with E-state index in [0.717, 1.165) is 11.3 Å². The summed E-state index contributed by atoms with van der Waals surface area (Å²) in [4.78, 5) is 0.666. The van der Waals surface area contributed by atoms with Gasteiger partial charge in [-0.2, -0.15) is 0 Å². The number of nitrogens with two attached hydrogens (primary N) is 1. The van der Waals surface area contributed by atoms with E-state index in [2.05, 4.69) is 25.1 Å². The molecule has 2 N–H and O–H groups in total. The van der Waals surface area contributed by atoms with E-state index >= 15 is 0 Å². The number of rotatable bonds is 4. The van der Waals surface area contributed by atoms with Crippen molar-refractivity contribution in [3.8, 4) is 0 Å². The number of hydrogen-bond acceptors (Lipinski definition) is 2. The lowest BCUT2D eigenvalue weighted by molar-refractivity contribution is 0.591. The Labute approximate surface area is 118 Å². The normalized spacial score (nSPS) is 12.4. The summed E-state index contributed by atoms with van der Waals surface area (Å²) in [6.45, 7) is 3.94. The summed E-state index contributed by atoms with van der Waals surface area (Å²) >= 11 is 1.51. The topological polar surface area (TPSA) is 26.0 Å². The second kappa shape index (κ2) is 6.22. The predicted octanol–water partition coefficient (Wildman–Crippen LogP) is 4.45. The smallest absolute Gasteiger partial charge is 0.137 e. The standard InChI is InChI=1S/C16H18FNS/c1-11-5-3-6-13(9-11)10-19-16-14(12(2)18)7-4-8-15(16)17/h3-9,12H,10,18H2,1-2H3/t12-/m0/s1. The van der Waals surface area contributed by atoms with Gasteiger partial charge in [-0.3, -0.25) is 0 Å². The maximum absolute atomic E-state index is 13.9. The van der Waals surface area contributed by atoms with Crippen LogP contribution in [0.15, 0.2) is 47.4 Å². The molecule has 2 rings (SSSR count). The van der Waals surface area contributed by atoms with Crippen LogP contribution >= 0.6 is 11.8 Å². The molecular formula is C16H18FNS. The second-order valence-corrected chi connectivity index (χ2v) is 5.71. The fourth-order valence-corrected chi connectivity index (χ4v) is 3.11. The molecule has 0 unspecified atom stereocenters. The van der Waals surface area contributed by atoms with Crippen molar-refractivity contribution in [1.29, 1.82) is 0 Å². The molecule has 1 nitrogen and oxygen atoms in total. The highest BCUT2D eigenvalue weighted by molar-refractivity contribution is 7.98. The van der Waals surface area contributed by atoms with Crippen LogP contribution in [0.1, 0.15) is 29.7 Å². The maximum atomic E-state index is 13.9. The number of aryl methyl sites for hydroxylation is 1. The molecule has 19 heavy (non-hydrogen) atoms. The first-order valence-electron chi connectivity index (χ1n) is 6.30. The van der Waals surface area contributed by atoms with Crippen LogP contribution in [0, 0.1) is 12.7 Å². The summed E-state index contributed by atoms with van der Waals surface area (Å²) in [7, 11) is 0. The zero-order valence-electron chi connectivity index (χ0n) is 11.2. The number of hydrogen-bond donors (Lipinski definition) is 1. The van der Waals surface area contributed by atoms with Crippen molar-refractivity contribution >= 4 is 11.8 Å². The molecule has 0 fully saturated rings. The molecular weight excluding hydrogens is 257 g/mol. The Morgan fingerprint density at radius 3 is 2.63 bits per heavy atom. The van der Waals surface area contributed by atoms with E-state index < -0.39 is 0 Å². The average Bonchev–Trinajstić information content (AvgIpc) is 2.37. The Morgan fingerprint density at radius 2 is 1.95 bits per heavy atom. The molecule has 2 aromatic carbocycles. The van der Waals surface area contributed by atoms with Gasteiger partial charge in [-0.1, -0.05) is 42.0 Å². The second-order valence-electron chi connectivity index (χ2n) is 4.72. The molecule has 0 radical (unpaired) electrons. The van der Waals surface area contributed by atoms with Gasteiger partial charge in [-0.05, 0) is 31.0 Å². The third-order valence-corrected chi connectivity index (χ3v) is 4.15. The van der Waals surface area contributed by atoms with Crippen molar-refractivity contribution in [2.24, 2.45) is 5.73 Å². The Hall–Kier alpha value is -1.32. The molecule has 2 aromatic rings. The lowest BCUT2D eigenvalue weighted by atomic mass is 10.1. The molecule has 100 valence electrons. The van der Waals surface area contributed by atoms with Gasteiger partial charge in [-0.25, -0.2) is 4.39 Å². The summed E-state index contributed by atoms with van der Waals surface area (Å²) in [6.07, 6.45) is 0. The lowest BCUT2D eigenvalue weighted by Crippen LogP contribution is -2.07. The highest BCUT2D eigenvalue weighted by Gasteiger charge is 2.12. The largest absolute Gasteiger partial charge is 0.324 e. The van der Waals surface area contributed by atoms with Gasteiger partial charge in [-0.15, -0.1) is 11.8 Å². The van der Waals surface area contributed by atoms with Gasteiger partial charge in [0.1, 0.15) is 5.82 Å². The molecule has 0 amide bonds. The summed E-state index contributed by atoms with van der Waals surface area (Å²) in [5, 5.41) is 0. The van der Waals surface area contributed by atoms with E-state index in [1.54, 1.807) is 6.07 Å². The fraction of sp³-hybridized carbons (Fsp3) is 0.250. The minimum Gasteiger partial charge on any atom is -0.324 e. The molecule has 3 heteroatoms. The van der Waals surface area contributed by atoms with Crippen LogP contribution < -0.4 is 5.73 Å². The third-order valence-electron chi connectivity index (χ3n) is 2.95. The van der Waals surface area contributed by atoms with Gasteiger partial charge < -0.3 is 5.73 Å². The molecule has 0 heterocycles. The van der Waals surface area contributed by atoms with E-state index in [1.165, 1.54) is 29.0 Å². The maximum Gasteiger partial charge on any atom is 0.137 e. The van der Waals surface area contributed by atoms with Gasteiger partial charge in [0.25, 0.3) is 0 Å². The average molecular weight is 275 g/mol. The van der Waals surface area contributed by atoms with Crippen LogP contribution in [-0.4, -0.2) is 0 Å². The van der Waals surface area contributed by atoms with E-state index in [-0.39, 0.29) is 11.9 Å². The Morgan fingerprint density at radius 1 is 1.21 bits per heavy atom. The van der Waals surface area contributed by atoms with Gasteiger partial charge in [0, 0.05) is 16.7 Å². The summed E-state index contributed by atoms with van der Waals surface area (Å²) in [5.74, 6) is 0.565. The van der Waals surface area contributed by atoms with Crippen LogP contribution in [0.2, 0.25) is 0 Å². The highest BCUT2D eigenvalue weighted by Crippen LogP contribution is 2.31. The Kier molecular flexibility index (Phi) is 4.61. The number of thioether (sulfide) groups is 1. The molecule has 0 spiro atoms. The molecule has 0 saturated heterocycles. The minimum absolute atomic E-state index is 0.157. The summed E-state index contributed by atoms with van der Waals surface area (Å²) in [5.41, 5.74) is 9.19. The molecule has 0 aliphatic carbocycles. The first-order valence-corrected chi connectivity index (χ1v) is 7.29. The van der Waals surface area contributed by atoms with Gasteiger partial charge in [0.05, 0.1) is 0 Å². The minimum atomic E-state index is -0.188. The molecule has 0 saturated carbocycles. The molecule has 1 atom stereocenters. The van der Waals surface area contributed by atoms with Gasteiger partial charge in [0.15, 0.2) is 0 Å². The van der Waals surface area contributed by atoms with Gasteiger partial charge >= 0.3 is 0 Å². The van der Waals surface area contributed by atoms with E-state index in [0.29, 0.717) is 4.90 Å². The molecule has 0 bridgehead atoms. The number of benzene rings is 2. The van der Waals surface area contributed by atoms with E-state index in [4.69, 9.17) is 5.73 Å². The molecule has 0 aliphatic rings. The van der Waals surface area contributed by atoms with Crippen molar-refractivity contribution < 1.29 is 4.39 Å². The first-order chi connectivity index (χ1) is 9.08. The first kappa shape index (κ1) is 14.1. The van der Waals surface area contributed by atoms with Crippen LogP contribution in [0.4, 0.5) is 4.39 Å². The van der Waals surface area contributed by atoms with Crippen LogP contribution in [0.5, 0.6) is 0 Å². The zero-order chi connectivity index (χ0) is 13.8. The van der Waals surface area contributed by atoms with Crippen molar-refractivity contribution in [2.75, 3.05) is 0 Å². The highest BCUT2D eigenvalue weighted by atomic mass is 32.2. The van der Waals surface area contributed by atoms with Crippen molar-refractivity contribution in [2.45, 2.75) is 30.5 Å². The fourth-order valence-electron chi connectivity index (χ4n) is 1.99. The lowest BCUT2D eigenvalue weighted by Gasteiger charge is -2.13. The van der Waals surface area contributed by atoms with Crippen molar-refractivity contribution in [1.82, 2.24) is 0 Å². The monoisotopic (exact) mass is 275 g/mol. The Bertz CT molecular complexity index is 566. The Balaban J connectivity index is 2.19. The zero-order valence-corrected chi connectivity index (χ0v) is 12.0. The summed E-state index contributed by atoms with van der Waals surface area (Å²) in [6, 6.07) is 13.2. The third kappa shape index (κ3) is 3.58. The SMILES string of the molecule is Cc1cccc(CSc2c(F)cccc2[C@H](C)N)c1. The van der Waals surface area contributed by atoms with Crippen molar-refractivity contribution in [3.63, 3.8) is 0 Å². The quantitative estimate of drug-likeness (QED) is 0.834. The van der Waals surface area contributed by atoms with Crippen molar-refractivity contribution in [3.05, 3.63) is 65.0 Å². The van der Waals surface area contributed by atoms with Crippen LogP contribution in [0.25, 0.3) is 0 Å². The molecule has 0 aromatic heterocycles. The van der Waals surface area contributed by atoms with Crippen LogP contribution in [0.3, 0.4) is 0 Å². The predicted molar refractivity (Wildman–Crippen MR) is 79.7 cm³/mol.